The average Bonchev–Trinajstić information content (AvgIpc) is 2.38. The molecule has 0 radical (unpaired) electrons. The molecule has 1 rings (SSSR count). The van der Waals surface area contributed by atoms with E-state index in [1.807, 2.05) is 6.92 Å². The van der Waals surface area contributed by atoms with Crippen molar-refractivity contribution in [2.24, 2.45) is 0 Å². The molecule has 0 aliphatic rings. The number of hydrogen-bond acceptors (Lipinski definition) is 4. The van der Waals surface area contributed by atoms with Crippen molar-refractivity contribution >= 4 is 17.4 Å². The first kappa shape index (κ1) is 7.14. The largest absolute Gasteiger partial charge is 0.351 e. The van der Waals surface area contributed by atoms with E-state index in [0.717, 1.165) is 0 Å². The Bertz CT molecular complexity index is 209. The van der Waals surface area contributed by atoms with Crippen LogP contribution in [0, 0.1) is 0 Å². The molecule has 0 fully saturated rings. The van der Waals surface area contributed by atoms with Gasteiger partial charge in [-0.05, 0) is 18.5 Å². The monoisotopic (exact) mass is 157 g/mol. The van der Waals surface area contributed by atoms with Gasteiger partial charge in [0.1, 0.15) is 0 Å². The molecule has 0 saturated carbocycles. The molecule has 0 atom stereocenters. The zero-order valence-electron chi connectivity index (χ0n) is 5.50. The van der Waals surface area contributed by atoms with E-state index in [0.29, 0.717) is 12.2 Å². The van der Waals surface area contributed by atoms with Crippen LogP contribution >= 0.6 is 11.5 Å². The van der Waals surface area contributed by atoms with Crippen LogP contribution in [0.1, 0.15) is 17.4 Å². The third-order valence-corrected chi connectivity index (χ3v) is 1.43. The van der Waals surface area contributed by atoms with Crippen LogP contribution in [-0.2, 0) is 0 Å². The van der Waals surface area contributed by atoms with Crippen LogP contribution in [-0.4, -0.2) is 22.0 Å². The second kappa shape index (κ2) is 3.26. The van der Waals surface area contributed by atoms with Crippen molar-refractivity contribution in [3.05, 3.63) is 11.1 Å². The minimum atomic E-state index is -0.156. The molecular weight excluding hydrogens is 150 g/mol. The van der Waals surface area contributed by atoms with E-state index < -0.39 is 0 Å². The molecule has 0 saturated heterocycles. The fraction of sp³-hybridized carbons (Fsp3) is 0.400. The lowest BCUT2D eigenvalue weighted by atomic mass is 10.4. The molecule has 5 heteroatoms. The van der Waals surface area contributed by atoms with E-state index >= 15 is 0 Å². The quantitative estimate of drug-likeness (QED) is 0.671. The van der Waals surface area contributed by atoms with E-state index in [9.17, 15) is 4.79 Å². The fourth-order valence-corrected chi connectivity index (χ4v) is 0.951. The van der Waals surface area contributed by atoms with Crippen molar-refractivity contribution in [3.63, 3.8) is 0 Å². The average molecular weight is 157 g/mol. The maximum Gasteiger partial charge on any atom is 0.272 e. The van der Waals surface area contributed by atoms with E-state index in [-0.39, 0.29) is 5.91 Å². The summed E-state index contributed by atoms with van der Waals surface area (Å²) in [7, 11) is 0. The van der Waals surface area contributed by atoms with Gasteiger partial charge in [0, 0.05) is 11.9 Å². The fourth-order valence-electron chi connectivity index (χ4n) is 0.515. The van der Waals surface area contributed by atoms with Gasteiger partial charge in [0.2, 0.25) is 0 Å². The van der Waals surface area contributed by atoms with Gasteiger partial charge in [0.05, 0.1) is 0 Å². The smallest absolute Gasteiger partial charge is 0.272 e. The van der Waals surface area contributed by atoms with Crippen LogP contribution in [0.5, 0.6) is 0 Å². The van der Waals surface area contributed by atoms with Gasteiger partial charge in [0.25, 0.3) is 5.91 Å². The summed E-state index contributed by atoms with van der Waals surface area (Å²) in [6, 6.07) is 0. The second-order valence-electron chi connectivity index (χ2n) is 1.65. The summed E-state index contributed by atoms with van der Waals surface area (Å²) in [5.41, 5.74) is 0.395. The summed E-state index contributed by atoms with van der Waals surface area (Å²) in [6.07, 6.45) is 0. The summed E-state index contributed by atoms with van der Waals surface area (Å²) in [5.74, 6) is -0.156. The number of nitrogens with zero attached hydrogens (tertiary/aromatic N) is 2. The SMILES string of the molecule is CCNC(=O)c1csnn1. The van der Waals surface area contributed by atoms with Gasteiger partial charge in [-0.1, -0.05) is 4.49 Å². The lowest BCUT2D eigenvalue weighted by Gasteiger charge is -1.94. The first-order chi connectivity index (χ1) is 4.84. The Hall–Kier alpha value is -0.970. The molecule has 0 bridgehead atoms. The first-order valence-electron chi connectivity index (χ1n) is 2.90. The highest BCUT2D eigenvalue weighted by Crippen LogP contribution is 1.95. The molecule has 0 aromatic carbocycles. The minimum absolute atomic E-state index is 0.156. The third kappa shape index (κ3) is 1.51. The highest BCUT2D eigenvalue weighted by Gasteiger charge is 2.05. The molecule has 0 aliphatic heterocycles. The number of carbonyl (C=O) groups excluding carboxylic acids is 1. The standard InChI is InChI=1S/C5H7N3OS/c1-2-6-5(9)4-3-10-8-7-4/h3H,2H2,1H3,(H,6,9). The summed E-state index contributed by atoms with van der Waals surface area (Å²) in [6.45, 7) is 2.48. The van der Waals surface area contributed by atoms with Crippen LogP contribution < -0.4 is 5.32 Å². The number of carbonyl (C=O) groups is 1. The third-order valence-electron chi connectivity index (χ3n) is 0.930. The number of hydrogen-bond donors (Lipinski definition) is 1. The molecule has 0 aliphatic carbocycles. The molecule has 0 spiro atoms. The number of nitrogens with one attached hydrogen (secondary N) is 1. The zero-order chi connectivity index (χ0) is 7.40. The molecule has 1 amide bonds. The van der Waals surface area contributed by atoms with Crippen molar-refractivity contribution in [1.82, 2.24) is 14.9 Å². The predicted octanol–water partition coefficient (Wildman–Crippen LogP) is 0.288. The van der Waals surface area contributed by atoms with Crippen molar-refractivity contribution in [3.8, 4) is 0 Å². The molecule has 10 heavy (non-hydrogen) atoms. The summed E-state index contributed by atoms with van der Waals surface area (Å²) in [5, 5.41) is 7.82. The van der Waals surface area contributed by atoms with Gasteiger partial charge in [-0.25, -0.2) is 0 Å². The van der Waals surface area contributed by atoms with Crippen LogP contribution in [0.3, 0.4) is 0 Å². The Morgan fingerprint density at radius 3 is 3.20 bits per heavy atom. The van der Waals surface area contributed by atoms with Crippen molar-refractivity contribution in [2.75, 3.05) is 6.54 Å². The maximum absolute atomic E-state index is 10.9. The Morgan fingerprint density at radius 2 is 2.70 bits per heavy atom. The predicted molar refractivity (Wildman–Crippen MR) is 37.9 cm³/mol. The van der Waals surface area contributed by atoms with Gasteiger partial charge in [-0.15, -0.1) is 5.10 Å². The molecule has 1 heterocycles. The summed E-state index contributed by atoms with van der Waals surface area (Å²) >= 11 is 1.17. The van der Waals surface area contributed by atoms with Crippen molar-refractivity contribution in [1.29, 1.82) is 0 Å². The topological polar surface area (TPSA) is 54.9 Å². The van der Waals surface area contributed by atoms with E-state index in [4.69, 9.17) is 0 Å². The Morgan fingerprint density at radius 1 is 1.90 bits per heavy atom. The second-order valence-corrected chi connectivity index (χ2v) is 2.26. The number of rotatable bonds is 2. The zero-order valence-corrected chi connectivity index (χ0v) is 6.31. The normalized spacial score (nSPS) is 9.30. The molecule has 1 aromatic rings. The lowest BCUT2D eigenvalue weighted by Crippen LogP contribution is -2.22. The number of amides is 1. The molecule has 4 nitrogen and oxygen atoms in total. The van der Waals surface area contributed by atoms with Gasteiger partial charge < -0.3 is 5.32 Å². The van der Waals surface area contributed by atoms with Crippen LogP contribution in [0.15, 0.2) is 5.38 Å². The van der Waals surface area contributed by atoms with Gasteiger partial charge >= 0.3 is 0 Å². The van der Waals surface area contributed by atoms with Gasteiger partial charge in [-0.2, -0.15) is 0 Å². The highest BCUT2D eigenvalue weighted by molar-refractivity contribution is 7.03. The molecule has 54 valence electrons. The molecular formula is C5H7N3OS. The minimum Gasteiger partial charge on any atom is -0.351 e. The summed E-state index contributed by atoms with van der Waals surface area (Å²) in [4.78, 5) is 10.9. The number of aromatic nitrogens is 2. The van der Waals surface area contributed by atoms with Crippen molar-refractivity contribution < 1.29 is 4.79 Å². The van der Waals surface area contributed by atoms with Crippen LogP contribution in [0.25, 0.3) is 0 Å². The molecule has 1 aromatic heterocycles. The van der Waals surface area contributed by atoms with Gasteiger partial charge in [-0.3, -0.25) is 4.79 Å². The Kier molecular flexibility index (Phi) is 2.33. The Labute approximate surface area is 62.4 Å². The molecule has 1 N–H and O–H groups in total. The summed E-state index contributed by atoms with van der Waals surface area (Å²) < 4.78 is 3.56. The van der Waals surface area contributed by atoms with Crippen LogP contribution in [0.2, 0.25) is 0 Å². The highest BCUT2D eigenvalue weighted by atomic mass is 32.1. The Balaban J connectivity index is 2.59. The maximum atomic E-state index is 10.9. The lowest BCUT2D eigenvalue weighted by molar-refractivity contribution is 0.0951. The first-order valence-corrected chi connectivity index (χ1v) is 3.73. The van der Waals surface area contributed by atoms with E-state index in [1.165, 1.54) is 11.5 Å². The van der Waals surface area contributed by atoms with E-state index in [2.05, 4.69) is 14.9 Å². The van der Waals surface area contributed by atoms with Crippen LogP contribution in [0.4, 0.5) is 0 Å². The molecule has 0 unspecified atom stereocenters. The van der Waals surface area contributed by atoms with Gasteiger partial charge in [0.15, 0.2) is 5.69 Å². The van der Waals surface area contributed by atoms with E-state index in [1.54, 1.807) is 5.38 Å². The van der Waals surface area contributed by atoms with Crippen molar-refractivity contribution in [2.45, 2.75) is 6.92 Å².